The first-order valence-electron chi connectivity index (χ1n) is 6.21. The first-order chi connectivity index (χ1) is 9.86. The summed E-state index contributed by atoms with van der Waals surface area (Å²) < 4.78 is 0. The van der Waals surface area contributed by atoms with E-state index in [0.29, 0.717) is 0 Å². The molecular formula is C16H12N2S2. The minimum absolute atomic E-state index is 0.735. The summed E-state index contributed by atoms with van der Waals surface area (Å²) in [6.45, 7) is 0.745. The summed E-state index contributed by atoms with van der Waals surface area (Å²) in [4.78, 5) is 2.43. The summed E-state index contributed by atoms with van der Waals surface area (Å²) in [6.07, 6.45) is 0. The number of anilines is 1. The lowest BCUT2D eigenvalue weighted by atomic mass is 10.1. The Labute approximate surface area is 125 Å². The van der Waals surface area contributed by atoms with Gasteiger partial charge in [-0.1, -0.05) is 24.3 Å². The third kappa shape index (κ3) is 2.74. The average molecular weight is 296 g/mol. The average Bonchev–Trinajstić information content (AvgIpc) is 3.17. The second-order valence-corrected chi connectivity index (χ2v) is 6.23. The van der Waals surface area contributed by atoms with Gasteiger partial charge in [-0.3, -0.25) is 0 Å². The van der Waals surface area contributed by atoms with Gasteiger partial charge in [-0.25, -0.2) is 0 Å². The van der Waals surface area contributed by atoms with Crippen molar-refractivity contribution in [2.75, 3.05) is 5.32 Å². The van der Waals surface area contributed by atoms with Crippen molar-refractivity contribution in [1.29, 1.82) is 5.26 Å². The highest BCUT2D eigenvalue weighted by Gasteiger charge is 2.06. The van der Waals surface area contributed by atoms with Crippen LogP contribution in [0.4, 0.5) is 5.69 Å². The largest absolute Gasteiger partial charge is 0.380 e. The Morgan fingerprint density at radius 2 is 2.00 bits per heavy atom. The van der Waals surface area contributed by atoms with E-state index in [1.807, 2.05) is 17.5 Å². The van der Waals surface area contributed by atoms with Gasteiger partial charge >= 0.3 is 0 Å². The van der Waals surface area contributed by atoms with Gasteiger partial charge in [0.1, 0.15) is 6.07 Å². The van der Waals surface area contributed by atoms with Gasteiger partial charge in [-0.2, -0.15) is 5.26 Å². The highest BCUT2D eigenvalue weighted by atomic mass is 32.1. The van der Waals surface area contributed by atoms with Crippen molar-refractivity contribution in [3.63, 3.8) is 0 Å². The predicted molar refractivity (Wildman–Crippen MR) is 86.1 cm³/mol. The molecule has 0 unspecified atom stereocenters. The monoisotopic (exact) mass is 296 g/mol. The fourth-order valence-electron chi connectivity index (χ4n) is 2.00. The van der Waals surface area contributed by atoms with Crippen LogP contribution in [-0.2, 0) is 6.54 Å². The van der Waals surface area contributed by atoms with E-state index in [2.05, 4.69) is 47.1 Å². The van der Waals surface area contributed by atoms with Crippen molar-refractivity contribution in [2.24, 2.45) is 0 Å². The van der Waals surface area contributed by atoms with Crippen molar-refractivity contribution in [2.45, 2.75) is 6.54 Å². The van der Waals surface area contributed by atoms with Crippen LogP contribution in [0.3, 0.4) is 0 Å². The van der Waals surface area contributed by atoms with Gasteiger partial charge in [0.25, 0.3) is 0 Å². The van der Waals surface area contributed by atoms with Crippen molar-refractivity contribution in [1.82, 2.24) is 0 Å². The second kappa shape index (κ2) is 5.91. The summed E-state index contributed by atoms with van der Waals surface area (Å²) >= 11 is 3.35. The fraction of sp³-hybridized carbons (Fsp3) is 0.0625. The van der Waals surface area contributed by atoms with Crippen LogP contribution >= 0.6 is 22.7 Å². The lowest BCUT2D eigenvalue weighted by molar-refractivity contribution is 1.19. The molecule has 3 aromatic rings. The number of rotatable bonds is 4. The first kappa shape index (κ1) is 12.9. The van der Waals surface area contributed by atoms with Crippen molar-refractivity contribution < 1.29 is 0 Å². The van der Waals surface area contributed by atoms with Crippen LogP contribution in [0.2, 0.25) is 0 Å². The zero-order valence-electron chi connectivity index (χ0n) is 10.7. The Kier molecular flexibility index (Phi) is 3.82. The Hall–Kier alpha value is -2.09. The highest BCUT2D eigenvalue weighted by molar-refractivity contribution is 7.13. The van der Waals surface area contributed by atoms with Crippen molar-refractivity contribution in [3.8, 4) is 16.5 Å². The molecule has 0 aliphatic carbocycles. The van der Waals surface area contributed by atoms with Crippen molar-refractivity contribution >= 4 is 28.4 Å². The van der Waals surface area contributed by atoms with Gasteiger partial charge in [0.2, 0.25) is 0 Å². The Morgan fingerprint density at radius 3 is 2.75 bits per heavy atom. The van der Waals surface area contributed by atoms with Crippen molar-refractivity contribution in [3.05, 3.63) is 63.7 Å². The number of hydrogen-bond acceptors (Lipinski definition) is 4. The lowest BCUT2D eigenvalue weighted by Gasteiger charge is -2.10. The maximum absolute atomic E-state index is 8.84. The molecule has 0 aliphatic heterocycles. The molecule has 0 atom stereocenters. The molecule has 0 saturated carbocycles. The molecule has 4 heteroatoms. The van der Waals surface area contributed by atoms with Crippen LogP contribution in [0, 0.1) is 11.3 Å². The van der Waals surface area contributed by atoms with Crippen LogP contribution in [0.5, 0.6) is 0 Å². The van der Waals surface area contributed by atoms with E-state index in [9.17, 15) is 0 Å². The predicted octanol–water partition coefficient (Wildman–Crippen LogP) is 4.96. The Bertz CT molecular complexity index is 736. The molecule has 1 N–H and O–H groups in total. The molecule has 2 nitrogen and oxygen atoms in total. The molecule has 98 valence electrons. The van der Waals surface area contributed by atoms with E-state index in [4.69, 9.17) is 5.26 Å². The zero-order valence-corrected chi connectivity index (χ0v) is 12.3. The maximum atomic E-state index is 8.84. The van der Waals surface area contributed by atoms with Gasteiger partial charge < -0.3 is 5.32 Å². The standard InChI is InChI=1S/C16H12N2S2/c17-9-12-8-13(20-11-12)10-18-15-5-2-1-4-14(15)16-6-3-7-19-16/h1-8,11,18H,10H2. The van der Waals surface area contributed by atoms with E-state index in [1.165, 1.54) is 15.3 Å². The van der Waals surface area contributed by atoms with Gasteiger partial charge in [0.15, 0.2) is 0 Å². The number of nitrogens with one attached hydrogen (secondary N) is 1. The molecule has 0 bridgehead atoms. The highest BCUT2D eigenvalue weighted by Crippen LogP contribution is 2.31. The molecule has 2 heterocycles. The van der Waals surface area contributed by atoms with Gasteiger partial charge in [-0.15, -0.1) is 22.7 Å². The lowest BCUT2D eigenvalue weighted by Crippen LogP contribution is -1.98. The van der Waals surface area contributed by atoms with E-state index >= 15 is 0 Å². The molecule has 0 aliphatic rings. The quantitative estimate of drug-likeness (QED) is 0.738. The molecule has 2 aromatic heterocycles. The molecule has 3 rings (SSSR count). The summed E-state index contributed by atoms with van der Waals surface area (Å²) in [7, 11) is 0. The molecule has 0 saturated heterocycles. The summed E-state index contributed by atoms with van der Waals surface area (Å²) in [6, 6.07) is 16.6. The van der Waals surface area contributed by atoms with Crippen LogP contribution in [0.25, 0.3) is 10.4 Å². The van der Waals surface area contributed by atoms with Gasteiger partial charge in [-0.05, 0) is 23.6 Å². The number of hydrogen-bond donors (Lipinski definition) is 1. The molecule has 20 heavy (non-hydrogen) atoms. The van der Waals surface area contributed by atoms with Crippen LogP contribution in [0.1, 0.15) is 10.4 Å². The summed E-state index contributed by atoms with van der Waals surface area (Å²) in [5.41, 5.74) is 3.08. The number of benzene rings is 1. The molecular weight excluding hydrogens is 284 g/mol. The molecule has 0 fully saturated rings. The number of nitriles is 1. The smallest absolute Gasteiger partial charge is 0.100 e. The maximum Gasteiger partial charge on any atom is 0.100 e. The number of nitrogens with zero attached hydrogens (tertiary/aromatic N) is 1. The third-order valence-electron chi connectivity index (χ3n) is 2.95. The van der Waals surface area contributed by atoms with E-state index in [0.717, 1.165) is 17.8 Å². The minimum Gasteiger partial charge on any atom is -0.380 e. The molecule has 1 aromatic carbocycles. The number of para-hydroxylation sites is 1. The van der Waals surface area contributed by atoms with Crippen LogP contribution < -0.4 is 5.32 Å². The first-order valence-corrected chi connectivity index (χ1v) is 7.97. The van der Waals surface area contributed by atoms with Crippen LogP contribution in [0.15, 0.2) is 53.2 Å². The minimum atomic E-state index is 0.735. The number of thiophene rings is 2. The van der Waals surface area contributed by atoms with E-state index in [-0.39, 0.29) is 0 Å². The SMILES string of the molecule is N#Cc1csc(CNc2ccccc2-c2cccs2)c1. The van der Waals surface area contributed by atoms with Gasteiger partial charge in [0.05, 0.1) is 5.56 Å². The zero-order chi connectivity index (χ0) is 13.8. The second-order valence-electron chi connectivity index (χ2n) is 4.29. The normalized spacial score (nSPS) is 10.2. The van der Waals surface area contributed by atoms with Crippen LogP contribution in [-0.4, -0.2) is 0 Å². The summed E-state index contributed by atoms with van der Waals surface area (Å²) in [5, 5.41) is 16.3. The van der Waals surface area contributed by atoms with E-state index in [1.54, 1.807) is 22.7 Å². The van der Waals surface area contributed by atoms with E-state index < -0.39 is 0 Å². The fourth-order valence-corrected chi connectivity index (χ4v) is 3.51. The topological polar surface area (TPSA) is 35.8 Å². The Morgan fingerprint density at radius 1 is 1.10 bits per heavy atom. The molecule has 0 spiro atoms. The molecule has 0 amide bonds. The third-order valence-corrected chi connectivity index (χ3v) is 4.79. The molecule has 0 radical (unpaired) electrons. The van der Waals surface area contributed by atoms with Gasteiger partial charge in [0, 0.05) is 32.9 Å². The summed E-state index contributed by atoms with van der Waals surface area (Å²) in [5.74, 6) is 0. The Balaban J connectivity index is 1.80.